The van der Waals surface area contributed by atoms with Crippen LogP contribution < -0.4 is 15.4 Å². The van der Waals surface area contributed by atoms with Gasteiger partial charge in [0, 0.05) is 30.4 Å². The fourth-order valence-electron chi connectivity index (χ4n) is 3.54. The van der Waals surface area contributed by atoms with Crippen molar-refractivity contribution >= 4 is 17.5 Å². The van der Waals surface area contributed by atoms with Crippen molar-refractivity contribution in [1.82, 2.24) is 14.9 Å². The Morgan fingerprint density at radius 2 is 2.07 bits per heavy atom. The van der Waals surface area contributed by atoms with Gasteiger partial charge in [-0.1, -0.05) is 0 Å². The number of aryl methyl sites for hydroxylation is 1. The summed E-state index contributed by atoms with van der Waals surface area (Å²) in [6.07, 6.45) is 3.89. The summed E-state index contributed by atoms with van der Waals surface area (Å²) in [6, 6.07) is 5.85. The minimum absolute atomic E-state index is 0.299. The molecule has 152 valence electrons. The van der Waals surface area contributed by atoms with Crippen LogP contribution in [0.3, 0.4) is 0 Å². The standard InChI is InChI=1S/C21H30FN5O/c1-14-13-19(23-3)26-21(24-14)25-17-9-10-18(28-4)16(20(17)22)8-5-7-15(2)27-11-6-12-27/h9-10,13,15H,5-8,11-12H2,1-4H3,(H2,23,24,25,26)/t15-/m1/s1. The van der Waals surface area contributed by atoms with Crippen LogP contribution in [0.5, 0.6) is 5.75 Å². The van der Waals surface area contributed by atoms with E-state index in [4.69, 9.17) is 4.74 Å². The summed E-state index contributed by atoms with van der Waals surface area (Å²) < 4.78 is 20.6. The zero-order valence-corrected chi connectivity index (χ0v) is 17.2. The normalized spacial score (nSPS) is 15.0. The third-order valence-corrected chi connectivity index (χ3v) is 5.34. The van der Waals surface area contributed by atoms with Gasteiger partial charge >= 0.3 is 0 Å². The highest BCUT2D eigenvalue weighted by Gasteiger charge is 2.21. The van der Waals surface area contributed by atoms with Crippen molar-refractivity contribution in [2.24, 2.45) is 0 Å². The van der Waals surface area contributed by atoms with E-state index in [1.165, 1.54) is 19.5 Å². The molecule has 0 spiro atoms. The number of halogens is 1. The number of ether oxygens (including phenoxy) is 1. The quantitative estimate of drug-likeness (QED) is 0.674. The number of anilines is 3. The second-order valence-corrected chi connectivity index (χ2v) is 7.33. The monoisotopic (exact) mass is 387 g/mol. The number of nitrogens with zero attached hydrogens (tertiary/aromatic N) is 3. The van der Waals surface area contributed by atoms with Crippen LogP contribution in [0.15, 0.2) is 18.2 Å². The van der Waals surface area contributed by atoms with Crippen molar-refractivity contribution in [2.45, 2.75) is 45.6 Å². The highest BCUT2D eigenvalue weighted by Crippen LogP contribution is 2.31. The number of likely N-dealkylation sites (tertiary alicyclic amines) is 1. The molecule has 2 aromatic rings. The molecule has 1 aromatic heterocycles. The summed E-state index contributed by atoms with van der Waals surface area (Å²) in [5.74, 6) is 1.34. The first-order valence-electron chi connectivity index (χ1n) is 9.91. The summed E-state index contributed by atoms with van der Waals surface area (Å²) in [4.78, 5) is 11.2. The molecule has 1 saturated heterocycles. The van der Waals surface area contributed by atoms with Crippen LogP contribution in [0, 0.1) is 12.7 Å². The smallest absolute Gasteiger partial charge is 0.229 e. The summed E-state index contributed by atoms with van der Waals surface area (Å²) in [5.41, 5.74) is 1.76. The Hall–Kier alpha value is -2.41. The van der Waals surface area contributed by atoms with Crippen LogP contribution >= 0.6 is 0 Å². The summed E-state index contributed by atoms with van der Waals surface area (Å²) in [7, 11) is 3.37. The number of hydrogen-bond donors (Lipinski definition) is 2. The third-order valence-electron chi connectivity index (χ3n) is 5.34. The molecule has 1 atom stereocenters. The molecule has 1 aliphatic rings. The fourth-order valence-corrected chi connectivity index (χ4v) is 3.54. The Bertz CT molecular complexity index is 810. The molecule has 0 aliphatic carbocycles. The van der Waals surface area contributed by atoms with Gasteiger partial charge in [-0.15, -0.1) is 0 Å². The van der Waals surface area contributed by atoms with Crippen molar-refractivity contribution in [2.75, 3.05) is 37.9 Å². The second-order valence-electron chi connectivity index (χ2n) is 7.33. The van der Waals surface area contributed by atoms with E-state index in [2.05, 4.69) is 32.4 Å². The molecule has 0 unspecified atom stereocenters. The Morgan fingerprint density at radius 3 is 2.71 bits per heavy atom. The van der Waals surface area contributed by atoms with Gasteiger partial charge < -0.3 is 20.3 Å². The maximum absolute atomic E-state index is 15.2. The molecule has 1 fully saturated rings. The highest BCUT2D eigenvalue weighted by molar-refractivity contribution is 5.60. The molecular weight excluding hydrogens is 357 g/mol. The van der Waals surface area contributed by atoms with Crippen molar-refractivity contribution in [1.29, 1.82) is 0 Å². The Kier molecular flexibility index (Phi) is 6.67. The molecule has 0 saturated carbocycles. The van der Waals surface area contributed by atoms with E-state index in [1.807, 2.05) is 13.0 Å². The van der Waals surface area contributed by atoms with Crippen molar-refractivity contribution in [3.05, 3.63) is 35.3 Å². The van der Waals surface area contributed by atoms with Gasteiger partial charge in [0.25, 0.3) is 0 Å². The number of aromatic nitrogens is 2. The van der Waals surface area contributed by atoms with Gasteiger partial charge in [0.2, 0.25) is 5.95 Å². The first kappa shape index (κ1) is 20.3. The SMILES string of the molecule is CNc1cc(C)nc(Nc2ccc(OC)c(CCC[C@@H](C)N3CCC3)c2F)n1. The van der Waals surface area contributed by atoms with Crippen LogP contribution in [0.2, 0.25) is 0 Å². The maximum Gasteiger partial charge on any atom is 0.229 e. The van der Waals surface area contributed by atoms with Gasteiger partial charge in [-0.25, -0.2) is 9.37 Å². The first-order valence-corrected chi connectivity index (χ1v) is 9.91. The molecule has 0 bridgehead atoms. The van der Waals surface area contributed by atoms with Crippen LogP contribution in [0.4, 0.5) is 21.8 Å². The molecule has 0 amide bonds. The topological polar surface area (TPSA) is 62.3 Å². The Morgan fingerprint density at radius 1 is 1.29 bits per heavy atom. The minimum Gasteiger partial charge on any atom is -0.496 e. The van der Waals surface area contributed by atoms with E-state index in [0.717, 1.165) is 18.5 Å². The van der Waals surface area contributed by atoms with Gasteiger partial charge in [-0.3, -0.25) is 0 Å². The lowest BCUT2D eigenvalue weighted by Gasteiger charge is -2.36. The van der Waals surface area contributed by atoms with E-state index in [0.29, 0.717) is 41.2 Å². The van der Waals surface area contributed by atoms with Crippen molar-refractivity contribution in [3.63, 3.8) is 0 Å². The van der Waals surface area contributed by atoms with Crippen molar-refractivity contribution in [3.8, 4) is 5.75 Å². The van der Waals surface area contributed by atoms with Gasteiger partial charge in [-0.2, -0.15) is 4.98 Å². The number of nitrogens with one attached hydrogen (secondary N) is 2. The molecule has 28 heavy (non-hydrogen) atoms. The zero-order chi connectivity index (χ0) is 20.1. The molecule has 2 heterocycles. The average Bonchev–Trinajstić information content (AvgIpc) is 2.62. The molecule has 1 aliphatic heterocycles. The zero-order valence-electron chi connectivity index (χ0n) is 17.2. The van der Waals surface area contributed by atoms with E-state index in [9.17, 15) is 0 Å². The Labute approximate surface area is 166 Å². The van der Waals surface area contributed by atoms with E-state index >= 15 is 4.39 Å². The van der Waals surface area contributed by atoms with Gasteiger partial charge in [-0.05, 0) is 64.8 Å². The van der Waals surface area contributed by atoms with Crippen molar-refractivity contribution < 1.29 is 9.13 Å². The summed E-state index contributed by atoms with van der Waals surface area (Å²) in [5, 5.41) is 6.00. The Balaban J connectivity index is 1.74. The molecule has 7 heteroatoms. The van der Waals surface area contributed by atoms with Crippen LogP contribution in [-0.2, 0) is 6.42 Å². The fraction of sp³-hybridized carbons (Fsp3) is 0.524. The number of methoxy groups -OCH3 is 1. The van der Waals surface area contributed by atoms with E-state index < -0.39 is 0 Å². The maximum atomic E-state index is 15.2. The van der Waals surface area contributed by atoms with Gasteiger partial charge in [0.15, 0.2) is 5.82 Å². The third kappa shape index (κ3) is 4.70. The largest absolute Gasteiger partial charge is 0.496 e. The highest BCUT2D eigenvalue weighted by atomic mass is 19.1. The molecular formula is C21H30FN5O. The van der Waals surface area contributed by atoms with Crippen LogP contribution in [0.1, 0.15) is 37.4 Å². The van der Waals surface area contributed by atoms with E-state index in [-0.39, 0.29) is 5.82 Å². The lowest BCUT2D eigenvalue weighted by molar-refractivity contribution is 0.121. The van der Waals surface area contributed by atoms with Crippen LogP contribution in [0.25, 0.3) is 0 Å². The lowest BCUT2D eigenvalue weighted by Crippen LogP contribution is -2.43. The lowest BCUT2D eigenvalue weighted by atomic mass is 10.0. The summed E-state index contributed by atoms with van der Waals surface area (Å²) >= 11 is 0. The number of hydrogen-bond acceptors (Lipinski definition) is 6. The number of benzene rings is 1. The molecule has 1 aromatic carbocycles. The molecule has 6 nitrogen and oxygen atoms in total. The predicted molar refractivity (Wildman–Crippen MR) is 111 cm³/mol. The predicted octanol–water partition coefficient (Wildman–Crippen LogP) is 4.13. The van der Waals surface area contributed by atoms with E-state index in [1.54, 1.807) is 26.3 Å². The van der Waals surface area contributed by atoms with Gasteiger partial charge in [0.05, 0.1) is 12.8 Å². The second kappa shape index (κ2) is 9.19. The molecule has 2 N–H and O–H groups in total. The first-order chi connectivity index (χ1) is 13.5. The number of rotatable bonds is 9. The molecule has 3 rings (SSSR count). The molecule has 0 radical (unpaired) electrons. The minimum atomic E-state index is -0.299. The average molecular weight is 388 g/mol. The summed E-state index contributed by atoms with van der Waals surface area (Å²) in [6.45, 7) is 6.49. The van der Waals surface area contributed by atoms with Gasteiger partial charge in [0.1, 0.15) is 11.6 Å². The van der Waals surface area contributed by atoms with Crippen LogP contribution in [-0.4, -0.2) is 48.2 Å².